The van der Waals surface area contributed by atoms with Gasteiger partial charge in [-0.05, 0) is 48.7 Å². The third-order valence-corrected chi connectivity index (χ3v) is 7.60. The number of nitrogens with zero attached hydrogens (tertiary/aromatic N) is 3. The second kappa shape index (κ2) is 9.60. The number of hydrogen-bond donors (Lipinski definition) is 2. The molecule has 0 aromatic heterocycles. The van der Waals surface area contributed by atoms with E-state index in [2.05, 4.69) is 51.6 Å². The number of piperazine rings is 1. The maximum absolute atomic E-state index is 12.8. The van der Waals surface area contributed by atoms with Crippen molar-refractivity contribution in [2.45, 2.75) is 44.5 Å². The van der Waals surface area contributed by atoms with Crippen molar-refractivity contribution >= 4 is 23.3 Å². The van der Waals surface area contributed by atoms with E-state index in [0.717, 1.165) is 62.6 Å². The SMILES string of the molecule is CCN1C2COCC1CN(CC(=O)Nc1ccc3c(c1)COC(=NC1CCc4ccccc41)N3)C2. The van der Waals surface area contributed by atoms with Crippen LogP contribution in [-0.2, 0) is 27.3 Å². The summed E-state index contributed by atoms with van der Waals surface area (Å²) in [7, 11) is 0. The number of carbonyl (C=O) groups excluding carboxylic acids is 1. The highest BCUT2D eigenvalue weighted by Gasteiger charge is 2.37. The molecule has 2 N–H and O–H groups in total. The smallest absolute Gasteiger partial charge is 0.290 e. The quantitative estimate of drug-likeness (QED) is 0.692. The zero-order valence-corrected chi connectivity index (χ0v) is 20.2. The highest BCUT2D eigenvalue weighted by molar-refractivity contribution is 5.95. The Labute approximate surface area is 206 Å². The number of aryl methyl sites for hydroxylation is 1. The van der Waals surface area contributed by atoms with Crippen LogP contribution in [0.2, 0.25) is 0 Å². The summed E-state index contributed by atoms with van der Waals surface area (Å²) >= 11 is 0. The number of aliphatic imine (C=N–C) groups is 1. The Morgan fingerprint density at radius 2 is 1.97 bits per heavy atom. The standard InChI is InChI=1S/C27H33N5O3/c1-2-32-21-12-31(13-22(32)17-34-16-21)14-26(33)28-20-8-10-24-19(11-20)15-35-27(29-24)30-25-9-7-18-5-3-4-6-23(18)25/h3-6,8,10-11,21-22,25H,2,7,9,12-17H2,1H3,(H,28,33)(H,29,30). The van der Waals surface area contributed by atoms with Crippen LogP contribution < -0.4 is 10.6 Å². The molecule has 3 unspecified atom stereocenters. The third-order valence-electron chi connectivity index (χ3n) is 7.60. The Balaban J connectivity index is 1.06. The van der Waals surface area contributed by atoms with Crippen LogP contribution in [0.25, 0.3) is 0 Å². The molecule has 1 amide bonds. The Bertz CT molecular complexity index is 1120. The number of amidine groups is 1. The molecule has 35 heavy (non-hydrogen) atoms. The topological polar surface area (TPSA) is 78.4 Å². The number of benzene rings is 2. The molecular weight excluding hydrogens is 442 g/mol. The molecular formula is C27H33N5O3. The molecule has 2 bridgehead atoms. The van der Waals surface area contributed by atoms with E-state index in [0.29, 0.717) is 31.3 Å². The molecule has 2 aromatic rings. The van der Waals surface area contributed by atoms with Crippen LogP contribution in [0.3, 0.4) is 0 Å². The predicted molar refractivity (Wildman–Crippen MR) is 136 cm³/mol. The van der Waals surface area contributed by atoms with Crippen molar-refractivity contribution in [3.8, 4) is 0 Å². The summed E-state index contributed by atoms with van der Waals surface area (Å²) < 4.78 is 11.7. The van der Waals surface area contributed by atoms with Crippen molar-refractivity contribution in [3.63, 3.8) is 0 Å². The molecule has 3 atom stereocenters. The molecule has 2 fully saturated rings. The van der Waals surface area contributed by atoms with Crippen molar-refractivity contribution in [1.29, 1.82) is 0 Å². The summed E-state index contributed by atoms with van der Waals surface area (Å²) in [6.45, 7) is 7.30. The normalized spacial score (nSPS) is 27.0. The van der Waals surface area contributed by atoms with Gasteiger partial charge >= 0.3 is 0 Å². The molecule has 3 heterocycles. The Kier molecular flexibility index (Phi) is 6.18. The van der Waals surface area contributed by atoms with E-state index in [9.17, 15) is 4.79 Å². The van der Waals surface area contributed by atoms with Gasteiger partial charge in [-0.1, -0.05) is 31.2 Å². The highest BCUT2D eigenvalue weighted by Crippen LogP contribution is 2.35. The summed E-state index contributed by atoms with van der Waals surface area (Å²) in [5.41, 5.74) is 5.45. The molecule has 0 spiro atoms. The molecule has 184 valence electrons. The molecule has 0 radical (unpaired) electrons. The first-order valence-electron chi connectivity index (χ1n) is 12.7. The number of hydrogen-bond acceptors (Lipinski definition) is 6. The van der Waals surface area contributed by atoms with Gasteiger partial charge in [0.1, 0.15) is 6.61 Å². The fraction of sp³-hybridized carbons (Fsp3) is 0.481. The van der Waals surface area contributed by atoms with Gasteiger partial charge in [-0.25, -0.2) is 4.99 Å². The van der Waals surface area contributed by atoms with E-state index in [1.165, 1.54) is 11.1 Å². The van der Waals surface area contributed by atoms with Crippen molar-refractivity contribution in [2.24, 2.45) is 4.99 Å². The lowest BCUT2D eigenvalue weighted by atomic mass is 10.0. The number of nitrogens with one attached hydrogen (secondary N) is 2. The van der Waals surface area contributed by atoms with Gasteiger partial charge in [-0.15, -0.1) is 0 Å². The van der Waals surface area contributed by atoms with E-state index < -0.39 is 0 Å². The Hall–Kier alpha value is -2.94. The number of ether oxygens (including phenoxy) is 2. The van der Waals surface area contributed by atoms with Crippen molar-refractivity contribution in [3.05, 3.63) is 59.2 Å². The van der Waals surface area contributed by atoms with Crippen LogP contribution in [0.1, 0.15) is 36.1 Å². The van der Waals surface area contributed by atoms with Crippen LogP contribution in [0.4, 0.5) is 11.4 Å². The zero-order valence-electron chi connectivity index (χ0n) is 20.2. The first-order valence-corrected chi connectivity index (χ1v) is 12.7. The highest BCUT2D eigenvalue weighted by atomic mass is 16.5. The monoisotopic (exact) mass is 475 g/mol. The van der Waals surface area contributed by atoms with Crippen LogP contribution in [-0.4, -0.2) is 73.2 Å². The number of morpholine rings is 1. The van der Waals surface area contributed by atoms with Gasteiger partial charge in [0, 0.05) is 42.1 Å². The Morgan fingerprint density at radius 3 is 2.80 bits per heavy atom. The molecule has 0 saturated carbocycles. The molecule has 3 aliphatic heterocycles. The second-order valence-electron chi connectivity index (χ2n) is 9.89. The van der Waals surface area contributed by atoms with Crippen molar-refractivity contribution in [2.75, 3.05) is 50.0 Å². The number of likely N-dealkylation sites (N-methyl/N-ethyl adjacent to an activating group) is 1. The van der Waals surface area contributed by atoms with E-state index >= 15 is 0 Å². The Morgan fingerprint density at radius 1 is 1.14 bits per heavy atom. The first-order chi connectivity index (χ1) is 17.2. The maximum Gasteiger partial charge on any atom is 0.290 e. The zero-order chi connectivity index (χ0) is 23.8. The van der Waals surface area contributed by atoms with Crippen LogP contribution in [0.5, 0.6) is 0 Å². The van der Waals surface area contributed by atoms with E-state index in [4.69, 9.17) is 14.5 Å². The lowest BCUT2D eigenvalue weighted by molar-refractivity contribution is -0.123. The average molecular weight is 476 g/mol. The number of amides is 1. The maximum atomic E-state index is 12.8. The van der Waals surface area contributed by atoms with Crippen LogP contribution in [0.15, 0.2) is 47.5 Å². The first kappa shape index (κ1) is 22.5. The lowest BCUT2D eigenvalue weighted by Crippen LogP contribution is -2.64. The second-order valence-corrected chi connectivity index (χ2v) is 9.89. The fourth-order valence-electron chi connectivity index (χ4n) is 5.95. The molecule has 4 aliphatic rings. The van der Waals surface area contributed by atoms with Gasteiger partial charge in [0.15, 0.2) is 0 Å². The molecule has 6 rings (SSSR count). The molecule has 1 aliphatic carbocycles. The molecule has 8 nitrogen and oxygen atoms in total. The third kappa shape index (κ3) is 4.66. The minimum atomic E-state index is 0.0146. The molecule has 2 aromatic carbocycles. The van der Waals surface area contributed by atoms with Crippen LogP contribution in [0, 0.1) is 0 Å². The lowest BCUT2D eigenvalue weighted by Gasteiger charge is -2.49. The number of fused-ring (bicyclic) bond motifs is 4. The largest absolute Gasteiger partial charge is 0.460 e. The summed E-state index contributed by atoms with van der Waals surface area (Å²) in [5.74, 6) is 0.0146. The fourth-order valence-corrected chi connectivity index (χ4v) is 5.95. The van der Waals surface area contributed by atoms with Crippen LogP contribution >= 0.6 is 0 Å². The van der Waals surface area contributed by atoms with Crippen molar-refractivity contribution < 1.29 is 14.3 Å². The van der Waals surface area contributed by atoms with Gasteiger partial charge in [-0.3, -0.25) is 14.6 Å². The molecule has 8 heteroatoms. The van der Waals surface area contributed by atoms with E-state index in [-0.39, 0.29) is 11.9 Å². The summed E-state index contributed by atoms with van der Waals surface area (Å²) in [6.07, 6.45) is 2.06. The summed E-state index contributed by atoms with van der Waals surface area (Å²) in [5, 5.41) is 6.40. The number of anilines is 2. The predicted octanol–water partition coefficient (Wildman–Crippen LogP) is 3.02. The average Bonchev–Trinajstić information content (AvgIpc) is 3.26. The minimum Gasteiger partial charge on any atom is -0.460 e. The minimum absolute atomic E-state index is 0.0146. The summed E-state index contributed by atoms with van der Waals surface area (Å²) in [6, 6.07) is 15.9. The summed E-state index contributed by atoms with van der Waals surface area (Å²) in [4.78, 5) is 22.4. The number of carbonyl (C=O) groups is 1. The van der Waals surface area contributed by atoms with E-state index in [1.807, 2.05) is 18.2 Å². The van der Waals surface area contributed by atoms with Gasteiger partial charge in [0.2, 0.25) is 5.91 Å². The van der Waals surface area contributed by atoms with Gasteiger partial charge in [0.05, 0.1) is 25.8 Å². The van der Waals surface area contributed by atoms with Gasteiger partial charge in [0.25, 0.3) is 6.02 Å². The van der Waals surface area contributed by atoms with Gasteiger partial charge < -0.3 is 20.1 Å². The number of rotatable bonds is 5. The van der Waals surface area contributed by atoms with E-state index in [1.54, 1.807) is 0 Å². The molecule has 2 saturated heterocycles. The van der Waals surface area contributed by atoms with Crippen molar-refractivity contribution in [1.82, 2.24) is 9.80 Å². The van der Waals surface area contributed by atoms with Gasteiger partial charge in [-0.2, -0.15) is 0 Å².